The van der Waals surface area contributed by atoms with Gasteiger partial charge in [0.1, 0.15) is 4.99 Å². The summed E-state index contributed by atoms with van der Waals surface area (Å²) < 4.78 is 0. The number of nitrogens with two attached hydrogens (primary N) is 1. The van der Waals surface area contributed by atoms with Crippen molar-refractivity contribution in [2.75, 3.05) is 18.0 Å². The van der Waals surface area contributed by atoms with E-state index < -0.39 is 5.60 Å². The molecule has 1 aliphatic rings. The summed E-state index contributed by atoms with van der Waals surface area (Å²) in [6.45, 7) is 3.47. The van der Waals surface area contributed by atoms with Crippen LogP contribution in [0.5, 0.6) is 0 Å². The highest BCUT2D eigenvalue weighted by molar-refractivity contribution is 7.80. The number of rotatable bonds is 2. The maximum absolute atomic E-state index is 10.1. The molecule has 0 amide bonds. The second-order valence-electron chi connectivity index (χ2n) is 5.89. The predicted molar refractivity (Wildman–Crippen MR) is 89.7 cm³/mol. The molecule has 1 aromatic carbocycles. The quantitative estimate of drug-likeness (QED) is 0.833. The van der Waals surface area contributed by atoms with Gasteiger partial charge in [0.2, 0.25) is 0 Å². The molecule has 21 heavy (non-hydrogen) atoms. The molecule has 5 heteroatoms. The maximum Gasteiger partial charge on any atom is 0.107 e. The minimum atomic E-state index is -0.581. The normalized spacial score (nSPS) is 17.9. The Hall–Kier alpha value is -1.72. The van der Waals surface area contributed by atoms with E-state index in [2.05, 4.69) is 9.88 Å². The van der Waals surface area contributed by atoms with Crippen molar-refractivity contribution in [3.8, 4) is 0 Å². The molecule has 110 valence electrons. The Morgan fingerprint density at radius 3 is 2.67 bits per heavy atom. The zero-order valence-electron chi connectivity index (χ0n) is 12.0. The van der Waals surface area contributed by atoms with E-state index in [0.29, 0.717) is 4.99 Å². The standard InChI is InChI=1S/C16H19N3OS/c1-16(20)6-8-19(9-7-16)14-11-4-2-3-5-13(11)18-10-12(14)15(17)21/h2-5,10,20H,6-9H2,1H3,(H2,17,21). The van der Waals surface area contributed by atoms with Crippen LogP contribution < -0.4 is 10.6 Å². The van der Waals surface area contributed by atoms with Crippen molar-refractivity contribution in [3.63, 3.8) is 0 Å². The van der Waals surface area contributed by atoms with Crippen molar-refractivity contribution < 1.29 is 5.11 Å². The molecule has 1 saturated heterocycles. The number of aromatic nitrogens is 1. The van der Waals surface area contributed by atoms with Crippen molar-refractivity contribution in [2.45, 2.75) is 25.4 Å². The molecule has 0 spiro atoms. The second kappa shape index (κ2) is 5.24. The molecule has 0 atom stereocenters. The van der Waals surface area contributed by atoms with Gasteiger partial charge in [-0.1, -0.05) is 30.4 Å². The Bertz CT molecular complexity index is 689. The molecule has 1 fully saturated rings. The summed E-state index contributed by atoms with van der Waals surface area (Å²) in [7, 11) is 0. The van der Waals surface area contributed by atoms with Crippen LogP contribution in [0.1, 0.15) is 25.3 Å². The first-order valence-corrected chi connectivity index (χ1v) is 7.54. The minimum absolute atomic E-state index is 0.362. The van der Waals surface area contributed by atoms with E-state index in [1.54, 1.807) is 6.20 Å². The van der Waals surface area contributed by atoms with Crippen molar-refractivity contribution in [1.82, 2.24) is 4.98 Å². The van der Waals surface area contributed by atoms with Gasteiger partial charge in [0.05, 0.1) is 22.4 Å². The molecule has 2 heterocycles. The summed E-state index contributed by atoms with van der Waals surface area (Å²) in [4.78, 5) is 7.06. The summed E-state index contributed by atoms with van der Waals surface area (Å²) >= 11 is 5.19. The van der Waals surface area contributed by atoms with E-state index in [4.69, 9.17) is 18.0 Å². The van der Waals surface area contributed by atoms with Crippen LogP contribution in [0.25, 0.3) is 10.9 Å². The average Bonchev–Trinajstić information content (AvgIpc) is 2.46. The smallest absolute Gasteiger partial charge is 0.107 e. The van der Waals surface area contributed by atoms with E-state index in [-0.39, 0.29) is 0 Å². The van der Waals surface area contributed by atoms with E-state index in [1.165, 1.54) is 0 Å². The molecule has 1 aromatic heterocycles. The fourth-order valence-electron chi connectivity index (χ4n) is 2.86. The minimum Gasteiger partial charge on any atom is -0.390 e. The largest absolute Gasteiger partial charge is 0.390 e. The third-order valence-electron chi connectivity index (χ3n) is 4.17. The van der Waals surface area contributed by atoms with Crippen LogP contribution in [0.2, 0.25) is 0 Å². The van der Waals surface area contributed by atoms with E-state index in [0.717, 1.165) is 48.1 Å². The van der Waals surface area contributed by atoms with Crippen molar-refractivity contribution in [2.24, 2.45) is 5.73 Å². The maximum atomic E-state index is 10.1. The first-order chi connectivity index (χ1) is 9.98. The monoisotopic (exact) mass is 301 g/mol. The van der Waals surface area contributed by atoms with E-state index in [9.17, 15) is 5.11 Å². The number of aliphatic hydroxyl groups is 1. The molecule has 0 bridgehead atoms. The Morgan fingerprint density at radius 1 is 1.33 bits per heavy atom. The number of piperidine rings is 1. The second-order valence-corrected chi connectivity index (χ2v) is 6.33. The first kappa shape index (κ1) is 14.2. The summed E-state index contributed by atoms with van der Waals surface area (Å²) in [5.41, 5.74) is 8.09. The summed E-state index contributed by atoms with van der Waals surface area (Å²) in [6, 6.07) is 8.01. The molecular weight excluding hydrogens is 282 g/mol. The van der Waals surface area contributed by atoms with Gasteiger partial charge in [-0.25, -0.2) is 0 Å². The van der Waals surface area contributed by atoms with Crippen LogP contribution in [0.3, 0.4) is 0 Å². The molecule has 1 aliphatic heterocycles. The number of fused-ring (bicyclic) bond motifs is 1. The van der Waals surface area contributed by atoms with E-state index >= 15 is 0 Å². The van der Waals surface area contributed by atoms with Crippen LogP contribution in [0.4, 0.5) is 5.69 Å². The lowest BCUT2D eigenvalue weighted by molar-refractivity contribution is 0.0352. The Labute approximate surface area is 129 Å². The molecule has 0 saturated carbocycles. The number of para-hydroxylation sites is 1. The average molecular weight is 301 g/mol. The number of anilines is 1. The van der Waals surface area contributed by atoms with Gasteiger partial charge in [0.25, 0.3) is 0 Å². The predicted octanol–water partition coefficient (Wildman–Crippen LogP) is 2.22. The highest BCUT2D eigenvalue weighted by Crippen LogP contribution is 2.33. The van der Waals surface area contributed by atoms with Gasteiger partial charge in [-0.15, -0.1) is 0 Å². The highest BCUT2D eigenvalue weighted by atomic mass is 32.1. The fourth-order valence-corrected chi connectivity index (χ4v) is 3.01. The third kappa shape index (κ3) is 2.71. The third-order valence-corrected chi connectivity index (χ3v) is 4.39. The zero-order chi connectivity index (χ0) is 15.0. The molecule has 0 unspecified atom stereocenters. The van der Waals surface area contributed by atoms with Crippen LogP contribution >= 0.6 is 12.2 Å². The molecule has 0 aliphatic carbocycles. The SMILES string of the molecule is CC1(O)CCN(c2c(C(N)=S)cnc3ccccc23)CC1. The van der Waals surface area contributed by atoms with Gasteiger partial charge in [0, 0.05) is 24.7 Å². The molecule has 3 N–H and O–H groups in total. The lowest BCUT2D eigenvalue weighted by atomic mass is 9.93. The highest BCUT2D eigenvalue weighted by Gasteiger charge is 2.29. The molecule has 0 radical (unpaired) electrons. The van der Waals surface area contributed by atoms with Crippen molar-refractivity contribution in [3.05, 3.63) is 36.0 Å². The van der Waals surface area contributed by atoms with Gasteiger partial charge in [-0.05, 0) is 25.8 Å². The van der Waals surface area contributed by atoms with Gasteiger partial charge in [-0.2, -0.15) is 0 Å². The first-order valence-electron chi connectivity index (χ1n) is 7.13. The Kier molecular flexibility index (Phi) is 3.55. The molecule has 3 rings (SSSR count). The lowest BCUT2D eigenvalue weighted by Gasteiger charge is -2.38. The van der Waals surface area contributed by atoms with Gasteiger partial charge in [-0.3, -0.25) is 4.98 Å². The number of benzene rings is 1. The fraction of sp³-hybridized carbons (Fsp3) is 0.375. The van der Waals surface area contributed by atoms with Crippen LogP contribution in [0, 0.1) is 0 Å². The van der Waals surface area contributed by atoms with Crippen molar-refractivity contribution >= 4 is 33.8 Å². The number of hydrogen-bond acceptors (Lipinski definition) is 4. The van der Waals surface area contributed by atoms with Crippen LogP contribution in [0.15, 0.2) is 30.5 Å². The Balaban J connectivity index is 2.11. The topological polar surface area (TPSA) is 62.4 Å². The summed E-state index contributed by atoms with van der Waals surface area (Å²) in [5, 5.41) is 11.2. The van der Waals surface area contributed by atoms with Crippen LogP contribution in [-0.2, 0) is 0 Å². The number of thiocarbonyl (C=S) groups is 1. The number of hydrogen-bond donors (Lipinski definition) is 2. The van der Waals surface area contributed by atoms with Crippen LogP contribution in [-0.4, -0.2) is 33.8 Å². The molecular formula is C16H19N3OS. The van der Waals surface area contributed by atoms with E-state index in [1.807, 2.05) is 31.2 Å². The number of nitrogens with zero attached hydrogens (tertiary/aromatic N) is 2. The van der Waals surface area contributed by atoms with Gasteiger partial charge in [0.15, 0.2) is 0 Å². The lowest BCUT2D eigenvalue weighted by Crippen LogP contribution is -2.43. The molecule has 2 aromatic rings. The van der Waals surface area contributed by atoms with Gasteiger partial charge < -0.3 is 15.7 Å². The van der Waals surface area contributed by atoms with Crippen molar-refractivity contribution in [1.29, 1.82) is 0 Å². The number of pyridine rings is 1. The zero-order valence-corrected chi connectivity index (χ0v) is 12.9. The van der Waals surface area contributed by atoms with Gasteiger partial charge >= 0.3 is 0 Å². The summed E-state index contributed by atoms with van der Waals surface area (Å²) in [6.07, 6.45) is 3.23. The molecule has 4 nitrogen and oxygen atoms in total. The summed E-state index contributed by atoms with van der Waals surface area (Å²) in [5.74, 6) is 0. The Morgan fingerprint density at radius 2 is 2.00 bits per heavy atom.